The summed E-state index contributed by atoms with van der Waals surface area (Å²) in [7, 11) is 0. The lowest BCUT2D eigenvalue weighted by atomic mass is 9.70. The lowest BCUT2D eigenvalue weighted by Gasteiger charge is -2.33. The second kappa shape index (κ2) is 6.21. The summed E-state index contributed by atoms with van der Waals surface area (Å²) in [5.74, 6) is -0.334. The molecule has 1 spiro atoms. The maximum atomic E-state index is 13.3. The molecular weight excluding hydrogens is 330 g/mol. The Bertz CT molecular complexity index is 896. The molecule has 1 unspecified atom stereocenters. The summed E-state index contributed by atoms with van der Waals surface area (Å²) in [4.78, 5) is 31.1. The van der Waals surface area contributed by atoms with Gasteiger partial charge in [0.2, 0.25) is 5.91 Å². The van der Waals surface area contributed by atoms with Crippen LogP contribution in [0.25, 0.3) is 0 Å². The van der Waals surface area contributed by atoms with Crippen molar-refractivity contribution >= 4 is 17.5 Å². The first-order chi connectivity index (χ1) is 12.5. The molecule has 2 aliphatic rings. The molecule has 0 saturated carbocycles. The van der Waals surface area contributed by atoms with E-state index in [-0.39, 0.29) is 11.3 Å². The van der Waals surface area contributed by atoms with E-state index in [9.17, 15) is 9.59 Å². The molecule has 2 aromatic rings. The van der Waals surface area contributed by atoms with Gasteiger partial charge in [0.15, 0.2) is 0 Å². The molecule has 1 aliphatic carbocycles. The zero-order valence-electron chi connectivity index (χ0n) is 14.7. The SMILES string of the molecule is Cc1ncccc1N1CCC2(CCc3cc(C(=O)NO)ccc3C2)C1=O. The molecular formula is C20H21N3O3. The van der Waals surface area contributed by atoms with Crippen molar-refractivity contribution in [2.24, 2.45) is 5.41 Å². The van der Waals surface area contributed by atoms with Crippen molar-refractivity contribution < 1.29 is 14.8 Å². The minimum atomic E-state index is -0.511. The standard InChI is InChI=1S/C20H21N3O3/c1-13-17(3-2-9-21-13)23-10-8-20(19(23)25)7-6-14-11-15(18(24)22-26)4-5-16(14)12-20/h2-5,9,11,26H,6-8,10,12H2,1H3,(H,22,24). The molecule has 2 N–H and O–H groups in total. The molecule has 2 heterocycles. The van der Waals surface area contributed by atoms with E-state index >= 15 is 0 Å². The number of nitrogens with one attached hydrogen (secondary N) is 1. The van der Waals surface area contributed by atoms with Gasteiger partial charge in [0.05, 0.1) is 16.8 Å². The predicted molar refractivity (Wildman–Crippen MR) is 96.1 cm³/mol. The first kappa shape index (κ1) is 16.7. The molecule has 0 radical (unpaired) electrons. The Morgan fingerprint density at radius 1 is 1.27 bits per heavy atom. The topological polar surface area (TPSA) is 82.5 Å². The molecule has 134 valence electrons. The van der Waals surface area contributed by atoms with Crippen LogP contribution in [0.5, 0.6) is 0 Å². The number of aryl methyl sites for hydroxylation is 2. The molecule has 1 fully saturated rings. The first-order valence-electron chi connectivity index (χ1n) is 8.84. The number of hydroxylamine groups is 1. The van der Waals surface area contributed by atoms with Crippen LogP contribution in [0.4, 0.5) is 5.69 Å². The monoisotopic (exact) mass is 351 g/mol. The number of benzene rings is 1. The predicted octanol–water partition coefficient (Wildman–Crippen LogP) is 2.42. The van der Waals surface area contributed by atoms with Gasteiger partial charge in [-0.15, -0.1) is 0 Å². The van der Waals surface area contributed by atoms with Gasteiger partial charge < -0.3 is 4.90 Å². The number of pyridine rings is 1. The highest BCUT2D eigenvalue weighted by Crippen LogP contribution is 2.45. The maximum absolute atomic E-state index is 13.3. The fourth-order valence-electron chi connectivity index (χ4n) is 4.27. The van der Waals surface area contributed by atoms with Crippen molar-refractivity contribution in [1.82, 2.24) is 10.5 Å². The molecule has 1 saturated heterocycles. The van der Waals surface area contributed by atoms with Crippen LogP contribution in [0.1, 0.15) is 40.0 Å². The lowest BCUT2D eigenvalue weighted by Crippen LogP contribution is -2.39. The Hall–Kier alpha value is -2.73. The molecule has 0 bridgehead atoms. The van der Waals surface area contributed by atoms with Gasteiger partial charge in [-0.1, -0.05) is 6.07 Å². The smallest absolute Gasteiger partial charge is 0.274 e. The second-order valence-corrected chi connectivity index (χ2v) is 7.20. The Morgan fingerprint density at radius 3 is 2.88 bits per heavy atom. The van der Waals surface area contributed by atoms with Crippen molar-refractivity contribution in [1.29, 1.82) is 0 Å². The average Bonchev–Trinajstić information content (AvgIpc) is 2.97. The van der Waals surface area contributed by atoms with E-state index in [1.54, 1.807) is 17.7 Å². The van der Waals surface area contributed by atoms with Crippen molar-refractivity contribution in [2.75, 3.05) is 11.4 Å². The summed E-state index contributed by atoms with van der Waals surface area (Å²) in [5.41, 5.74) is 5.71. The van der Waals surface area contributed by atoms with E-state index in [0.29, 0.717) is 18.5 Å². The molecule has 26 heavy (non-hydrogen) atoms. The average molecular weight is 351 g/mol. The van der Waals surface area contributed by atoms with Gasteiger partial charge in [0, 0.05) is 18.3 Å². The van der Waals surface area contributed by atoms with E-state index in [1.807, 2.05) is 36.1 Å². The van der Waals surface area contributed by atoms with E-state index < -0.39 is 5.91 Å². The van der Waals surface area contributed by atoms with Crippen LogP contribution in [-0.4, -0.2) is 28.6 Å². The molecule has 6 nitrogen and oxygen atoms in total. The molecule has 1 aromatic heterocycles. The Morgan fingerprint density at radius 2 is 2.12 bits per heavy atom. The largest absolute Gasteiger partial charge is 0.310 e. The number of carbonyl (C=O) groups is 2. The number of rotatable bonds is 2. The summed E-state index contributed by atoms with van der Waals surface area (Å²) in [6.07, 6.45) is 4.80. The van der Waals surface area contributed by atoms with Crippen molar-refractivity contribution in [3.63, 3.8) is 0 Å². The third-order valence-corrected chi connectivity index (χ3v) is 5.75. The van der Waals surface area contributed by atoms with Crippen LogP contribution in [0, 0.1) is 12.3 Å². The van der Waals surface area contributed by atoms with E-state index in [1.165, 1.54) is 0 Å². The van der Waals surface area contributed by atoms with Crippen LogP contribution in [0.2, 0.25) is 0 Å². The number of carbonyl (C=O) groups excluding carboxylic acids is 2. The number of nitrogens with zero attached hydrogens (tertiary/aromatic N) is 2. The second-order valence-electron chi connectivity index (χ2n) is 7.20. The zero-order valence-corrected chi connectivity index (χ0v) is 14.7. The number of hydrogen-bond acceptors (Lipinski definition) is 4. The maximum Gasteiger partial charge on any atom is 0.274 e. The van der Waals surface area contributed by atoms with E-state index in [4.69, 9.17) is 5.21 Å². The van der Waals surface area contributed by atoms with Crippen LogP contribution in [-0.2, 0) is 17.6 Å². The summed E-state index contributed by atoms with van der Waals surface area (Å²) in [6.45, 7) is 2.64. The number of aromatic nitrogens is 1. The molecule has 2 amide bonds. The van der Waals surface area contributed by atoms with Gasteiger partial charge in [0.25, 0.3) is 5.91 Å². The van der Waals surface area contributed by atoms with Crippen LogP contribution in [0.3, 0.4) is 0 Å². The highest BCUT2D eigenvalue weighted by atomic mass is 16.5. The molecule has 1 aliphatic heterocycles. The summed E-state index contributed by atoms with van der Waals surface area (Å²) in [6, 6.07) is 9.24. The van der Waals surface area contributed by atoms with Gasteiger partial charge in [0.1, 0.15) is 0 Å². The fourth-order valence-corrected chi connectivity index (χ4v) is 4.27. The minimum absolute atomic E-state index is 0.177. The number of amides is 2. The highest BCUT2D eigenvalue weighted by molar-refractivity contribution is 6.00. The Balaban J connectivity index is 1.61. The third-order valence-electron chi connectivity index (χ3n) is 5.75. The fraction of sp³-hybridized carbons (Fsp3) is 0.350. The van der Waals surface area contributed by atoms with Crippen molar-refractivity contribution in [3.8, 4) is 0 Å². The van der Waals surface area contributed by atoms with Crippen LogP contribution in [0.15, 0.2) is 36.5 Å². The highest BCUT2D eigenvalue weighted by Gasteiger charge is 2.48. The molecule has 1 aromatic carbocycles. The normalized spacial score (nSPS) is 21.8. The Labute approximate surface area is 151 Å². The quantitative estimate of drug-likeness (QED) is 0.643. The Kier molecular flexibility index (Phi) is 4.00. The van der Waals surface area contributed by atoms with Gasteiger partial charge >= 0.3 is 0 Å². The van der Waals surface area contributed by atoms with Gasteiger partial charge in [-0.2, -0.15) is 0 Å². The summed E-state index contributed by atoms with van der Waals surface area (Å²) in [5, 5.41) is 8.80. The first-order valence-corrected chi connectivity index (χ1v) is 8.84. The number of fused-ring (bicyclic) bond motifs is 1. The number of hydrogen-bond donors (Lipinski definition) is 2. The zero-order chi connectivity index (χ0) is 18.3. The number of anilines is 1. The van der Waals surface area contributed by atoms with Gasteiger partial charge in [-0.25, -0.2) is 5.48 Å². The lowest BCUT2D eigenvalue weighted by molar-refractivity contribution is -0.126. The van der Waals surface area contributed by atoms with E-state index in [0.717, 1.165) is 41.8 Å². The molecule has 4 rings (SSSR count). The summed E-state index contributed by atoms with van der Waals surface area (Å²) < 4.78 is 0. The summed E-state index contributed by atoms with van der Waals surface area (Å²) >= 11 is 0. The van der Waals surface area contributed by atoms with Gasteiger partial charge in [-0.3, -0.25) is 19.8 Å². The molecule has 1 atom stereocenters. The van der Waals surface area contributed by atoms with Crippen molar-refractivity contribution in [3.05, 3.63) is 58.9 Å². The third kappa shape index (κ3) is 2.57. The molecule has 6 heteroatoms. The minimum Gasteiger partial charge on any atom is -0.310 e. The van der Waals surface area contributed by atoms with Crippen LogP contribution >= 0.6 is 0 Å². The van der Waals surface area contributed by atoms with E-state index in [2.05, 4.69) is 4.98 Å². The van der Waals surface area contributed by atoms with Crippen LogP contribution < -0.4 is 10.4 Å². The van der Waals surface area contributed by atoms with Crippen molar-refractivity contribution in [2.45, 2.75) is 32.6 Å². The van der Waals surface area contributed by atoms with Gasteiger partial charge in [-0.05, 0) is 68.0 Å².